The molecule has 0 unspecified atom stereocenters. The van der Waals surface area contributed by atoms with Gasteiger partial charge in [0, 0.05) is 0 Å². The van der Waals surface area contributed by atoms with Gasteiger partial charge in [-0.25, -0.2) is 5.84 Å². The minimum atomic E-state index is 0.0300. The van der Waals surface area contributed by atoms with Gasteiger partial charge in [-0.3, -0.25) is 5.43 Å². The van der Waals surface area contributed by atoms with Gasteiger partial charge >= 0.3 is 0 Å². The number of nitrogens with zero attached hydrogens (tertiary/aromatic N) is 2. The van der Waals surface area contributed by atoms with Gasteiger partial charge in [0.25, 0.3) is 0 Å². The van der Waals surface area contributed by atoms with E-state index in [0.717, 1.165) is 16.3 Å². The fourth-order valence-electron chi connectivity index (χ4n) is 1.21. The van der Waals surface area contributed by atoms with Crippen molar-refractivity contribution in [2.75, 3.05) is 5.43 Å². The van der Waals surface area contributed by atoms with Crippen molar-refractivity contribution in [1.82, 2.24) is 10.2 Å². The summed E-state index contributed by atoms with van der Waals surface area (Å²) in [6, 6.07) is 7.22. The maximum atomic E-state index is 8.89. The van der Waals surface area contributed by atoms with Crippen molar-refractivity contribution in [3.05, 3.63) is 34.8 Å². The number of nitrogens with one attached hydrogen (secondary N) is 1. The topological polar surface area (TPSA) is 93.3 Å². The SMILES string of the molecule is NNc1nnc(COc2ccc(CO)cc2)s1. The largest absolute Gasteiger partial charge is 0.486 e. The van der Waals surface area contributed by atoms with Gasteiger partial charge in [-0.2, -0.15) is 0 Å². The molecule has 0 bridgehead atoms. The van der Waals surface area contributed by atoms with E-state index in [1.165, 1.54) is 11.3 Å². The Kier molecular flexibility index (Phi) is 3.86. The fraction of sp³-hybridized carbons (Fsp3) is 0.200. The molecule has 0 atom stereocenters. The molecule has 0 aliphatic rings. The molecule has 0 aliphatic heterocycles. The highest BCUT2D eigenvalue weighted by Crippen LogP contribution is 2.17. The summed E-state index contributed by atoms with van der Waals surface area (Å²) in [5, 5.41) is 17.9. The second-order valence-corrected chi connectivity index (χ2v) is 4.30. The second kappa shape index (κ2) is 5.58. The zero-order chi connectivity index (χ0) is 12.1. The minimum Gasteiger partial charge on any atom is -0.486 e. The Morgan fingerprint density at radius 2 is 2.06 bits per heavy atom. The number of aromatic nitrogens is 2. The first kappa shape index (κ1) is 11.8. The molecule has 0 spiro atoms. The Balaban J connectivity index is 1.92. The Morgan fingerprint density at radius 1 is 1.29 bits per heavy atom. The first-order chi connectivity index (χ1) is 8.31. The van der Waals surface area contributed by atoms with Crippen LogP contribution in [0, 0.1) is 0 Å². The molecular weight excluding hydrogens is 240 g/mol. The van der Waals surface area contributed by atoms with E-state index in [0.29, 0.717) is 11.7 Å². The third-order valence-electron chi connectivity index (χ3n) is 2.06. The summed E-state index contributed by atoms with van der Waals surface area (Å²) in [4.78, 5) is 0. The van der Waals surface area contributed by atoms with E-state index in [4.69, 9.17) is 15.7 Å². The minimum absolute atomic E-state index is 0.0300. The summed E-state index contributed by atoms with van der Waals surface area (Å²) >= 11 is 1.34. The van der Waals surface area contributed by atoms with Crippen LogP contribution in [0.2, 0.25) is 0 Å². The van der Waals surface area contributed by atoms with Crippen LogP contribution in [0.15, 0.2) is 24.3 Å². The maximum absolute atomic E-state index is 8.89. The van der Waals surface area contributed by atoms with Crippen molar-refractivity contribution in [3.8, 4) is 5.75 Å². The Bertz CT molecular complexity index is 471. The molecule has 1 heterocycles. The first-order valence-electron chi connectivity index (χ1n) is 4.93. The molecule has 17 heavy (non-hydrogen) atoms. The van der Waals surface area contributed by atoms with Crippen LogP contribution in [-0.2, 0) is 13.2 Å². The van der Waals surface area contributed by atoms with Crippen molar-refractivity contribution in [2.24, 2.45) is 5.84 Å². The van der Waals surface area contributed by atoms with Crippen molar-refractivity contribution in [2.45, 2.75) is 13.2 Å². The number of hydrogen-bond donors (Lipinski definition) is 3. The highest BCUT2D eigenvalue weighted by molar-refractivity contribution is 7.15. The molecule has 4 N–H and O–H groups in total. The van der Waals surface area contributed by atoms with Gasteiger partial charge in [0.15, 0.2) is 5.01 Å². The molecule has 0 saturated heterocycles. The molecule has 7 heteroatoms. The molecule has 0 amide bonds. The standard InChI is InChI=1S/C10H12N4O2S/c11-12-10-14-13-9(17-10)6-16-8-3-1-7(5-15)2-4-8/h1-4,15H,5-6,11H2,(H,12,14). The van der Waals surface area contributed by atoms with E-state index in [2.05, 4.69) is 15.6 Å². The van der Waals surface area contributed by atoms with Gasteiger partial charge in [-0.15, -0.1) is 10.2 Å². The number of rotatable bonds is 5. The lowest BCUT2D eigenvalue weighted by atomic mass is 10.2. The number of aliphatic hydroxyl groups is 1. The van der Waals surface area contributed by atoms with Gasteiger partial charge in [0.2, 0.25) is 5.13 Å². The third-order valence-corrected chi connectivity index (χ3v) is 2.89. The van der Waals surface area contributed by atoms with E-state index in [9.17, 15) is 0 Å². The lowest BCUT2D eigenvalue weighted by Gasteiger charge is -2.03. The van der Waals surface area contributed by atoms with Crippen LogP contribution < -0.4 is 16.0 Å². The molecule has 1 aromatic carbocycles. The Hall–Kier alpha value is -1.70. The molecule has 2 aromatic rings. The monoisotopic (exact) mass is 252 g/mol. The molecule has 0 aliphatic carbocycles. The molecule has 6 nitrogen and oxygen atoms in total. The van der Waals surface area contributed by atoms with Gasteiger partial charge in [0.05, 0.1) is 6.61 Å². The number of anilines is 1. The average molecular weight is 252 g/mol. The first-order valence-corrected chi connectivity index (χ1v) is 5.75. The van der Waals surface area contributed by atoms with Gasteiger partial charge in [-0.05, 0) is 17.7 Å². The number of nitrogens with two attached hydrogens (primary N) is 1. The zero-order valence-electron chi connectivity index (χ0n) is 8.96. The summed E-state index contributed by atoms with van der Waals surface area (Å²) in [6.07, 6.45) is 0. The molecule has 1 aromatic heterocycles. The molecular formula is C10H12N4O2S. The fourth-order valence-corrected chi connectivity index (χ4v) is 1.77. The second-order valence-electron chi connectivity index (χ2n) is 3.24. The van der Waals surface area contributed by atoms with Crippen molar-refractivity contribution in [3.63, 3.8) is 0 Å². The summed E-state index contributed by atoms with van der Waals surface area (Å²) in [6.45, 7) is 0.375. The van der Waals surface area contributed by atoms with Crippen LogP contribution >= 0.6 is 11.3 Å². The molecule has 0 saturated carbocycles. The smallest absolute Gasteiger partial charge is 0.219 e. The summed E-state index contributed by atoms with van der Waals surface area (Å²) < 4.78 is 5.51. The Morgan fingerprint density at radius 3 is 2.65 bits per heavy atom. The third kappa shape index (κ3) is 3.13. The van der Waals surface area contributed by atoms with E-state index in [1.807, 2.05) is 12.1 Å². The summed E-state index contributed by atoms with van der Waals surface area (Å²) in [5.41, 5.74) is 3.27. The van der Waals surface area contributed by atoms with Crippen molar-refractivity contribution < 1.29 is 9.84 Å². The molecule has 2 rings (SSSR count). The maximum Gasteiger partial charge on any atom is 0.219 e. The van der Waals surface area contributed by atoms with Crippen LogP contribution in [0.3, 0.4) is 0 Å². The summed E-state index contributed by atoms with van der Waals surface area (Å²) in [5.74, 6) is 5.92. The number of hydrogen-bond acceptors (Lipinski definition) is 7. The van der Waals surface area contributed by atoms with Gasteiger partial charge in [0.1, 0.15) is 12.4 Å². The number of nitrogen functional groups attached to an aromatic ring is 1. The predicted molar refractivity (Wildman–Crippen MR) is 64.4 cm³/mol. The quantitative estimate of drug-likeness (QED) is 0.540. The highest BCUT2D eigenvalue weighted by Gasteiger charge is 2.03. The van der Waals surface area contributed by atoms with Gasteiger partial charge < -0.3 is 9.84 Å². The highest BCUT2D eigenvalue weighted by atomic mass is 32.1. The number of ether oxygens (including phenoxy) is 1. The molecule has 0 radical (unpaired) electrons. The van der Waals surface area contributed by atoms with E-state index >= 15 is 0 Å². The number of hydrazine groups is 1. The van der Waals surface area contributed by atoms with Gasteiger partial charge in [-0.1, -0.05) is 23.5 Å². The lowest BCUT2D eigenvalue weighted by molar-refractivity contribution is 0.280. The van der Waals surface area contributed by atoms with E-state index in [-0.39, 0.29) is 6.61 Å². The normalized spacial score (nSPS) is 10.2. The van der Waals surface area contributed by atoms with Crippen LogP contribution in [-0.4, -0.2) is 15.3 Å². The zero-order valence-corrected chi connectivity index (χ0v) is 9.78. The lowest BCUT2D eigenvalue weighted by Crippen LogP contribution is -2.05. The number of aliphatic hydroxyl groups excluding tert-OH is 1. The van der Waals surface area contributed by atoms with Crippen molar-refractivity contribution in [1.29, 1.82) is 0 Å². The predicted octanol–water partition coefficient (Wildman–Crippen LogP) is 0.895. The summed E-state index contributed by atoms with van der Waals surface area (Å²) in [7, 11) is 0. The van der Waals surface area contributed by atoms with Crippen molar-refractivity contribution >= 4 is 16.5 Å². The molecule has 90 valence electrons. The van der Waals surface area contributed by atoms with Crippen LogP contribution in [0.1, 0.15) is 10.6 Å². The van der Waals surface area contributed by atoms with Crippen LogP contribution in [0.25, 0.3) is 0 Å². The van der Waals surface area contributed by atoms with E-state index in [1.54, 1.807) is 12.1 Å². The van der Waals surface area contributed by atoms with E-state index < -0.39 is 0 Å². The number of benzene rings is 1. The van der Waals surface area contributed by atoms with Crippen LogP contribution in [0.5, 0.6) is 5.75 Å². The molecule has 0 fully saturated rings. The average Bonchev–Trinajstić information content (AvgIpc) is 2.85. The van der Waals surface area contributed by atoms with Crippen LogP contribution in [0.4, 0.5) is 5.13 Å². The Labute approximate surface area is 102 Å².